The maximum absolute atomic E-state index is 4.27. The summed E-state index contributed by atoms with van der Waals surface area (Å²) in [5.74, 6) is 0. The Balaban J connectivity index is 0.00000211. The van der Waals surface area contributed by atoms with Crippen molar-refractivity contribution in [3.8, 4) is 0 Å². The van der Waals surface area contributed by atoms with Gasteiger partial charge in [0, 0.05) is 12.7 Å². The fourth-order valence-corrected chi connectivity index (χ4v) is 2.53. The van der Waals surface area contributed by atoms with Crippen LogP contribution in [0.5, 0.6) is 0 Å². The Bertz CT molecular complexity index is 320. The van der Waals surface area contributed by atoms with Crippen molar-refractivity contribution in [2.45, 2.75) is 111 Å². The van der Waals surface area contributed by atoms with E-state index in [1.54, 1.807) is 0 Å². The topological polar surface area (TPSA) is 30.7 Å². The molecule has 3 heteroatoms. The quantitative estimate of drug-likeness (QED) is 0.407. The Morgan fingerprint density at radius 1 is 0.773 bits per heavy atom. The number of rotatable bonds is 13. The van der Waals surface area contributed by atoms with Gasteiger partial charge in [-0.3, -0.25) is 4.68 Å². The molecule has 0 radical (unpaired) electrons. The van der Waals surface area contributed by atoms with Gasteiger partial charge in [-0.05, 0) is 19.3 Å². The summed E-state index contributed by atoms with van der Waals surface area (Å²) in [5.41, 5.74) is 1.17. The molecule has 0 spiro atoms. The minimum absolute atomic E-state index is 1.04. The molecular formula is C19H39N3. The summed E-state index contributed by atoms with van der Waals surface area (Å²) in [6.07, 6.45) is 17.9. The number of aryl methyl sites for hydroxylation is 2. The Morgan fingerprint density at radius 2 is 1.32 bits per heavy atom. The summed E-state index contributed by atoms with van der Waals surface area (Å²) in [5, 5.41) is 8.50. The average molecular weight is 310 g/mol. The Morgan fingerprint density at radius 3 is 1.95 bits per heavy atom. The highest BCUT2D eigenvalue weighted by molar-refractivity contribution is 4.92. The van der Waals surface area contributed by atoms with E-state index in [1.165, 1.54) is 76.3 Å². The molecule has 1 heterocycles. The van der Waals surface area contributed by atoms with Crippen LogP contribution in [0.15, 0.2) is 6.20 Å². The first kappa shape index (κ1) is 21.1. The van der Waals surface area contributed by atoms with E-state index in [9.17, 15) is 0 Å². The van der Waals surface area contributed by atoms with Gasteiger partial charge in [0.25, 0.3) is 0 Å². The van der Waals surface area contributed by atoms with Crippen molar-refractivity contribution in [3.63, 3.8) is 0 Å². The zero-order valence-corrected chi connectivity index (χ0v) is 15.6. The van der Waals surface area contributed by atoms with Crippen molar-refractivity contribution in [3.05, 3.63) is 11.9 Å². The molecule has 0 aromatic carbocycles. The SMILES string of the molecule is CC.CCCCCCCCCn1cc(CCCCCC)nn1. The molecule has 0 saturated heterocycles. The van der Waals surface area contributed by atoms with Crippen LogP contribution in [0.1, 0.15) is 104 Å². The van der Waals surface area contributed by atoms with E-state index in [2.05, 4.69) is 30.4 Å². The van der Waals surface area contributed by atoms with Gasteiger partial charge in [-0.25, -0.2) is 0 Å². The Kier molecular flexibility index (Phi) is 15.9. The molecule has 1 rings (SSSR count). The molecule has 130 valence electrons. The molecule has 1 aromatic heterocycles. The zero-order valence-electron chi connectivity index (χ0n) is 15.6. The fraction of sp³-hybridized carbons (Fsp3) is 0.895. The minimum Gasteiger partial charge on any atom is -0.252 e. The van der Waals surface area contributed by atoms with E-state index in [0.717, 1.165) is 13.0 Å². The fourth-order valence-electron chi connectivity index (χ4n) is 2.53. The van der Waals surface area contributed by atoms with Gasteiger partial charge in [-0.1, -0.05) is 90.7 Å². The normalized spacial score (nSPS) is 10.4. The molecule has 0 fully saturated rings. The maximum atomic E-state index is 4.27. The lowest BCUT2D eigenvalue weighted by molar-refractivity contribution is 0.513. The monoisotopic (exact) mass is 309 g/mol. The smallest absolute Gasteiger partial charge is 0.0827 e. The molecular weight excluding hydrogens is 270 g/mol. The first-order chi connectivity index (χ1) is 10.9. The molecule has 0 aliphatic heterocycles. The summed E-state index contributed by atoms with van der Waals surface area (Å²) >= 11 is 0. The van der Waals surface area contributed by atoms with Gasteiger partial charge in [-0.15, -0.1) is 5.10 Å². The average Bonchev–Trinajstić information content (AvgIpc) is 3.00. The van der Waals surface area contributed by atoms with Crippen molar-refractivity contribution in [1.29, 1.82) is 0 Å². The van der Waals surface area contributed by atoms with Gasteiger partial charge >= 0.3 is 0 Å². The highest BCUT2D eigenvalue weighted by Crippen LogP contribution is 2.08. The number of aromatic nitrogens is 3. The lowest BCUT2D eigenvalue weighted by Gasteiger charge is -2.01. The van der Waals surface area contributed by atoms with Crippen LogP contribution >= 0.6 is 0 Å². The lowest BCUT2D eigenvalue weighted by atomic mass is 10.1. The standard InChI is InChI=1S/C17H33N3.C2H6/c1-3-5-7-9-10-11-13-15-20-16-17(18-19-20)14-12-8-6-4-2;1-2/h16H,3-15H2,1-2H3;1-2H3. The molecule has 0 aliphatic rings. The van der Waals surface area contributed by atoms with Crippen LogP contribution in [-0.4, -0.2) is 15.0 Å². The van der Waals surface area contributed by atoms with Crippen LogP contribution in [0.4, 0.5) is 0 Å². The van der Waals surface area contributed by atoms with Crippen LogP contribution in [0.3, 0.4) is 0 Å². The number of nitrogens with zero attached hydrogens (tertiary/aromatic N) is 3. The van der Waals surface area contributed by atoms with E-state index in [1.807, 2.05) is 18.5 Å². The van der Waals surface area contributed by atoms with Crippen molar-refractivity contribution in [1.82, 2.24) is 15.0 Å². The third kappa shape index (κ3) is 11.8. The van der Waals surface area contributed by atoms with Crippen LogP contribution in [0.2, 0.25) is 0 Å². The molecule has 22 heavy (non-hydrogen) atoms. The van der Waals surface area contributed by atoms with Gasteiger partial charge in [0.15, 0.2) is 0 Å². The van der Waals surface area contributed by atoms with E-state index < -0.39 is 0 Å². The van der Waals surface area contributed by atoms with Crippen LogP contribution < -0.4 is 0 Å². The summed E-state index contributed by atoms with van der Waals surface area (Å²) in [6.45, 7) is 9.55. The molecule has 1 aromatic rings. The number of unbranched alkanes of at least 4 members (excludes halogenated alkanes) is 9. The third-order valence-electron chi connectivity index (χ3n) is 3.86. The first-order valence-electron chi connectivity index (χ1n) is 9.75. The molecule has 0 N–H and O–H groups in total. The number of hydrogen-bond donors (Lipinski definition) is 0. The largest absolute Gasteiger partial charge is 0.252 e. The first-order valence-corrected chi connectivity index (χ1v) is 9.75. The van der Waals surface area contributed by atoms with Crippen LogP contribution in [0.25, 0.3) is 0 Å². The molecule has 0 amide bonds. The van der Waals surface area contributed by atoms with E-state index in [4.69, 9.17) is 0 Å². The molecule has 0 unspecified atom stereocenters. The number of hydrogen-bond acceptors (Lipinski definition) is 2. The predicted octanol–water partition coefficient (Wildman–Crippen LogP) is 6.18. The molecule has 0 bridgehead atoms. The highest BCUT2D eigenvalue weighted by atomic mass is 15.4. The predicted molar refractivity (Wildman–Crippen MR) is 97.2 cm³/mol. The van der Waals surface area contributed by atoms with Crippen LogP contribution in [0, 0.1) is 0 Å². The Hall–Kier alpha value is -0.860. The zero-order chi connectivity index (χ0) is 16.5. The molecule has 0 atom stereocenters. The highest BCUT2D eigenvalue weighted by Gasteiger charge is 2.00. The van der Waals surface area contributed by atoms with Gasteiger partial charge in [-0.2, -0.15) is 0 Å². The summed E-state index contributed by atoms with van der Waals surface area (Å²) < 4.78 is 2.03. The van der Waals surface area contributed by atoms with E-state index in [0.29, 0.717) is 0 Å². The van der Waals surface area contributed by atoms with Crippen molar-refractivity contribution in [2.75, 3.05) is 0 Å². The second-order valence-electron chi connectivity index (χ2n) is 5.90. The second kappa shape index (κ2) is 16.5. The van der Waals surface area contributed by atoms with Gasteiger partial charge in [0.05, 0.1) is 5.69 Å². The maximum Gasteiger partial charge on any atom is 0.0827 e. The van der Waals surface area contributed by atoms with Crippen molar-refractivity contribution >= 4 is 0 Å². The van der Waals surface area contributed by atoms with Crippen molar-refractivity contribution < 1.29 is 0 Å². The van der Waals surface area contributed by atoms with Crippen LogP contribution in [-0.2, 0) is 13.0 Å². The van der Waals surface area contributed by atoms with E-state index in [-0.39, 0.29) is 0 Å². The summed E-state index contributed by atoms with van der Waals surface area (Å²) in [7, 11) is 0. The summed E-state index contributed by atoms with van der Waals surface area (Å²) in [4.78, 5) is 0. The minimum atomic E-state index is 1.04. The third-order valence-corrected chi connectivity index (χ3v) is 3.86. The molecule has 3 nitrogen and oxygen atoms in total. The summed E-state index contributed by atoms with van der Waals surface area (Å²) in [6, 6.07) is 0. The Labute approximate surface area is 138 Å². The van der Waals surface area contributed by atoms with Gasteiger partial charge < -0.3 is 0 Å². The van der Waals surface area contributed by atoms with E-state index >= 15 is 0 Å². The van der Waals surface area contributed by atoms with Crippen molar-refractivity contribution in [2.24, 2.45) is 0 Å². The van der Waals surface area contributed by atoms with Gasteiger partial charge in [0.2, 0.25) is 0 Å². The lowest BCUT2D eigenvalue weighted by Crippen LogP contribution is -1.98. The molecule has 0 saturated carbocycles. The second-order valence-corrected chi connectivity index (χ2v) is 5.90. The molecule has 0 aliphatic carbocycles. The van der Waals surface area contributed by atoms with Gasteiger partial charge in [0.1, 0.15) is 0 Å².